The Morgan fingerprint density at radius 1 is 1.40 bits per heavy atom. The first-order chi connectivity index (χ1) is 7.31. The average Bonchev–Trinajstić information content (AvgIpc) is 2.14. The molecule has 1 aliphatic heterocycles. The van der Waals surface area contributed by atoms with Gasteiger partial charge in [-0.15, -0.1) is 0 Å². The molecule has 2 aliphatic rings. The van der Waals surface area contributed by atoms with Gasteiger partial charge in [-0.3, -0.25) is 4.79 Å². The van der Waals surface area contributed by atoms with Crippen LogP contribution in [0.1, 0.15) is 32.1 Å². The molecule has 0 radical (unpaired) electrons. The van der Waals surface area contributed by atoms with E-state index in [0.717, 1.165) is 31.3 Å². The van der Waals surface area contributed by atoms with Crippen molar-refractivity contribution in [1.82, 2.24) is 10.6 Å². The van der Waals surface area contributed by atoms with Crippen LogP contribution >= 0.6 is 0 Å². The molecule has 2 fully saturated rings. The summed E-state index contributed by atoms with van der Waals surface area (Å²) in [5.41, 5.74) is 0. The molecule has 1 saturated carbocycles. The third-order valence-electron chi connectivity index (χ3n) is 4.09. The minimum absolute atomic E-state index is 0.256. The van der Waals surface area contributed by atoms with E-state index in [9.17, 15) is 4.79 Å². The summed E-state index contributed by atoms with van der Waals surface area (Å²) in [6, 6.07) is 0. The highest BCUT2D eigenvalue weighted by molar-refractivity contribution is 5.76. The smallest absolute Gasteiger partial charge is 0.220 e. The SMILES string of the molecule is CNCC(C1CCC1)C1CCNC(=O)C1. The van der Waals surface area contributed by atoms with Gasteiger partial charge in [-0.05, 0) is 37.8 Å². The van der Waals surface area contributed by atoms with Crippen LogP contribution in [0, 0.1) is 17.8 Å². The van der Waals surface area contributed by atoms with Crippen LogP contribution in [-0.4, -0.2) is 26.0 Å². The molecule has 0 aromatic carbocycles. The quantitative estimate of drug-likeness (QED) is 0.731. The molecule has 86 valence electrons. The molecule has 15 heavy (non-hydrogen) atoms. The summed E-state index contributed by atoms with van der Waals surface area (Å²) < 4.78 is 0. The van der Waals surface area contributed by atoms with Gasteiger partial charge in [0.05, 0.1) is 0 Å². The van der Waals surface area contributed by atoms with E-state index in [-0.39, 0.29) is 5.91 Å². The van der Waals surface area contributed by atoms with Crippen molar-refractivity contribution in [3.63, 3.8) is 0 Å². The Labute approximate surface area is 92.0 Å². The predicted octanol–water partition coefficient (Wildman–Crippen LogP) is 1.15. The lowest BCUT2D eigenvalue weighted by Crippen LogP contribution is -2.42. The Morgan fingerprint density at radius 2 is 2.20 bits per heavy atom. The molecule has 2 N–H and O–H groups in total. The van der Waals surface area contributed by atoms with E-state index in [1.165, 1.54) is 25.7 Å². The summed E-state index contributed by atoms with van der Waals surface area (Å²) in [5.74, 6) is 2.49. The van der Waals surface area contributed by atoms with Crippen molar-refractivity contribution in [2.24, 2.45) is 17.8 Å². The van der Waals surface area contributed by atoms with Gasteiger partial charge in [0.25, 0.3) is 0 Å². The molecule has 1 amide bonds. The first-order valence-corrected chi connectivity index (χ1v) is 6.22. The lowest BCUT2D eigenvalue weighted by atomic mass is 9.68. The van der Waals surface area contributed by atoms with Crippen molar-refractivity contribution in [1.29, 1.82) is 0 Å². The Bertz CT molecular complexity index is 226. The fourth-order valence-electron chi connectivity index (χ4n) is 3.00. The highest BCUT2D eigenvalue weighted by atomic mass is 16.1. The molecule has 1 heterocycles. The average molecular weight is 210 g/mol. The Kier molecular flexibility index (Phi) is 3.62. The van der Waals surface area contributed by atoms with E-state index in [4.69, 9.17) is 0 Å². The van der Waals surface area contributed by atoms with E-state index in [1.54, 1.807) is 0 Å². The fourth-order valence-corrected chi connectivity index (χ4v) is 3.00. The normalized spacial score (nSPS) is 29.4. The van der Waals surface area contributed by atoms with Gasteiger partial charge in [0.2, 0.25) is 5.91 Å². The number of rotatable bonds is 4. The van der Waals surface area contributed by atoms with Crippen LogP contribution < -0.4 is 10.6 Å². The molecule has 0 aromatic rings. The number of nitrogens with one attached hydrogen (secondary N) is 2. The van der Waals surface area contributed by atoms with Crippen LogP contribution in [0.5, 0.6) is 0 Å². The minimum Gasteiger partial charge on any atom is -0.356 e. The zero-order valence-corrected chi connectivity index (χ0v) is 9.59. The topological polar surface area (TPSA) is 41.1 Å². The number of amides is 1. The molecule has 2 atom stereocenters. The maximum absolute atomic E-state index is 11.4. The van der Waals surface area contributed by atoms with E-state index >= 15 is 0 Å². The monoisotopic (exact) mass is 210 g/mol. The molecule has 2 unspecified atom stereocenters. The van der Waals surface area contributed by atoms with Crippen LogP contribution in [0.4, 0.5) is 0 Å². The third kappa shape index (κ3) is 2.51. The highest BCUT2D eigenvalue weighted by Crippen LogP contribution is 2.39. The van der Waals surface area contributed by atoms with E-state index in [1.807, 2.05) is 7.05 Å². The second-order valence-corrected chi connectivity index (χ2v) is 5.02. The molecule has 0 aromatic heterocycles. The largest absolute Gasteiger partial charge is 0.356 e. The van der Waals surface area contributed by atoms with Gasteiger partial charge >= 0.3 is 0 Å². The lowest BCUT2D eigenvalue weighted by molar-refractivity contribution is -0.124. The summed E-state index contributed by atoms with van der Waals surface area (Å²) >= 11 is 0. The second kappa shape index (κ2) is 4.97. The van der Waals surface area contributed by atoms with E-state index < -0.39 is 0 Å². The van der Waals surface area contributed by atoms with Gasteiger partial charge in [-0.1, -0.05) is 19.3 Å². The van der Waals surface area contributed by atoms with Crippen LogP contribution in [0.15, 0.2) is 0 Å². The molecule has 3 heteroatoms. The van der Waals surface area contributed by atoms with Gasteiger partial charge in [-0.25, -0.2) is 0 Å². The van der Waals surface area contributed by atoms with Crippen molar-refractivity contribution in [3.8, 4) is 0 Å². The van der Waals surface area contributed by atoms with Crippen molar-refractivity contribution >= 4 is 5.91 Å². The molecule has 0 spiro atoms. The zero-order chi connectivity index (χ0) is 10.7. The van der Waals surface area contributed by atoms with Crippen LogP contribution in [-0.2, 0) is 4.79 Å². The summed E-state index contributed by atoms with van der Waals surface area (Å²) in [6.45, 7) is 1.97. The van der Waals surface area contributed by atoms with Gasteiger partial charge in [0.1, 0.15) is 0 Å². The van der Waals surface area contributed by atoms with Crippen molar-refractivity contribution < 1.29 is 4.79 Å². The summed E-state index contributed by atoms with van der Waals surface area (Å²) in [5, 5.41) is 6.22. The van der Waals surface area contributed by atoms with Crippen molar-refractivity contribution in [3.05, 3.63) is 0 Å². The minimum atomic E-state index is 0.256. The maximum Gasteiger partial charge on any atom is 0.220 e. The first kappa shape index (κ1) is 10.9. The van der Waals surface area contributed by atoms with Crippen LogP contribution in [0.2, 0.25) is 0 Å². The predicted molar refractivity (Wildman–Crippen MR) is 60.5 cm³/mol. The molecular formula is C12H22N2O. The molecule has 1 saturated heterocycles. The van der Waals surface area contributed by atoms with Gasteiger partial charge in [0.15, 0.2) is 0 Å². The van der Waals surface area contributed by atoms with Crippen molar-refractivity contribution in [2.75, 3.05) is 20.1 Å². The summed E-state index contributed by atoms with van der Waals surface area (Å²) in [6.07, 6.45) is 6.08. The van der Waals surface area contributed by atoms with Crippen molar-refractivity contribution in [2.45, 2.75) is 32.1 Å². The Balaban J connectivity index is 1.92. The number of carbonyl (C=O) groups is 1. The lowest BCUT2D eigenvalue weighted by Gasteiger charge is -2.40. The van der Waals surface area contributed by atoms with Crippen LogP contribution in [0.25, 0.3) is 0 Å². The Morgan fingerprint density at radius 3 is 2.73 bits per heavy atom. The number of piperidine rings is 1. The molecule has 3 nitrogen and oxygen atoms in total. The molecule has 1 aliphatic carbocycles. The summed E-state index contributed by atoms with van der Waals surface area (Å²) in [4.78, 5) is 11.4. The standard InChI is InChI=1S/C12H22N2O/c1-13-8-11(9-3-2-4-9)10-5-6-14-12(15)7-10/h9-11,13H,2-8H2,1H3,(H,14,15). The molecular weight excluding hydrogens is 188 g/mol. The number of hydrogen-bond donors (Lipinski definition) is 2. The zero-order valence-electron chi connectivity index (χ0n) is 9.59. The fraction of sp³-hybridized carbons (Fsp3) is 0.917. The van der Waals surface area contributed by atoms with E-state index in [0.29, 0.717) is 5.92 Å². The van der Waals surface area contributed by atoms with E-state index in [2.05, 4.69) is 10.6 Å². The number of hydrogen-bond acceptors (Lipinski definition) is 2. The Hall–Kier alpha value is -0.570. The maximum atomic E-state index is 11.4. The summed E-state index contributed by atoms with van der Waals surface area (Å²) in [7, 11) is 2.02. The van der Waals surface area contributed by atoms with Gasteiger partial charge in [0, 0.05) is 13.0 Å². The van der Waals surface area contributed by atoms with Gasteiger partial charge in [-0.2, -0.15) is 0 Å². The molecule has 0 bridgehead atoms. The van der Waals surface area contributed by atoms with Crippen LogP contribution in [0.3, 0.4) is 0 Å². The highest BCUT2D eigenvalue weighted by Gasteiger charge is 2.34. The van der Waals surface area contributed by atoms with Gasteiger partial charge < -0.3 is 10.6 Å². The second-order valence-electron chi connectivity index (χ2n) is 5.02. The molecule has 2 rings (SSSR count). The number of carbonyl (C=O) groups excluding carboxylic acids is 1. The third-order valence-corrected chi connectivity index (χ3v) is 4.09. The first-order valence-electron chi connectivity index (χ1n) is 6.22.